The molecule has 2 nitrogen and oxygen atoms in total. The second-order valence-corrected chi connectivity index (χ2v) is 6.80. The number of benzene rings is 3. The number of likely N-dealkylation sites (N-methyl/N-ethyl adjacent to an activating group) is 1. The molecule has 0 aliphatic carbocycles. The Labute approximate surface area is 149 Å². The highest BCUT2D eigenvalue weighted by Crippen LogP contribution is 2.35. The van der Waals surface area contributed by atoms with Gasteiger partial charge in [-0.05, 0) is 53.1 Å². The molecule has 0 amide bonds. The predicted molar refractivity (Wildman–Crippen MR) is 103 cm³/mol. The molecule has 0 aromatic heterocycles. The minimum absolute atomic E-state index is 0.444. The molecule has 0 saturated carbocycles. The first kappa shape index (κ1) is 15.9. The van der Waals surface area contributed by atoms with Crippen LogP contribution in [0.15, 0.2) is 72.8 Å². The second kappa shape index (κ2) is 6.73. The van der Waals surface area contributed by atoms with Crippen molar-refractivity contribution in [1.29, 1.82) is 0 Å². The highest BCUT2D eigenvalue weighted by Gasteiger charge is 2.24. The number of methoxy groups -OCH3 is 1. The van der Waals surface area contributed by atoms with E-state index in [1.54, 1.807) is 7.11 Å². The van der Waals surface area contributed by atoms with Gasteiger partial charge in [0, 0.05) is 19.0 Å². The SMILES string of the molecule is COc1ccc(-c2ccc3c(c2)CN(C)C[C@@H]3c2ccccc2)cc1. The van der Waals surface area contributed by atoms with E-state index in [2.05, 4.69) is 72.6 Å². The van der Waals surface area contributed by atoms with E-state index in [0.29, 0.717) is 5.92 Å². The summed E-state index contributed by atoms with van der Waals surface area (Å²) in [6.45, 7) is 2.07. The maximum Gasteiger partial charge on any atom is 0.118 e. The lowest BCUT2D eigenvalue weighted by Gasteiger charge is -2.33. The molecule has 1 atom stereocenters. The Bertz CT molecular complexity index is 855. The zero-order valence-electron chi connectivity index (χ0n) is 14.8. The average molecular weight is 329 g/mol. The van der Waals surface area contributed by atoms with Gasteiger partial charge in [0.15, 0.2) is 0 Å². The van der Waals surface area contributed by atoms with E-state index in [9.17, 15) is 0 Å². The zero-order valence-corrected chi connectivity index (χ0v) is 14.8. The van der Waals surface area contributed by atoms with Crippen molar-refractivity contribution in [3.05, 3.63) is 89.5 Å². The first-order valence-electron chi connectivity index (χ1n) is 8.75. The van der Waals surface area contributed by atoms with Crippen LogP contribution in [0.25, 0.3) is 11.1 Å². The van der Waals surface area contributed by atoms with Crippen molar-refractivity contribution in [3.8, 4) is 16.9 Å². The van der Waals surface area contributed by atoms with Crippen LogP contribution in [-0.2, 0) is 6.54 Å². The van der Waals surface area contributed by atoms with Gasteiger partial charge in [0.25, 0.3) is 0 Å². The van der Waals surface area contributed by atoms with Gasteiger partial charge in [0.05, 0.1) is 7.11 Å². The summed E-state index contributed by atoms with van der Waals surface area (Å²) in [5.41, 5.74) is 6.78. The fraction of sp³-hybridized carbons (Fsp3) is 0.217. The maximum atomic E-state index is 5.27. The molecule has 0 radical (unpaired) electrons. The minimum atomic E-state index is 0.444. The first-order chi connectivity index (χ1) is 12.2. The summed E-state index contributed by atoms with van der Waals surface area (Å²) in [4.78, 5) is 2.41. The third kappa shape index (κ3) is 3.18. The van der Waals surface area contributed by atoms with Crippen LogP contribution in [0, 0.1) is 0 Å². The van der Waals surface area contributed by atoms with Gasteiger partial charge in [-0.15, -0.1) is 0 Å². The average Bonchev–Trinajstić information content (AvgIpc) is 2.67. The van der Waals surface area contributed by atoms with Gasteiger partial charge in [-0.25, -0.2) is 0 Å². The summed E-state index contributed by atoms with van der Waals surface area (Å²) < 4.78 is 5.27. The van der Waals surface area contributed by atoms with Crippen molar-refractivity contribution in [3.63, 3.8) is 0 Å². The van der Waals surface area contributed by atoms with Gasteiger partial charge in [0.1, 0.15) is 5.75 Å². The third-order valence-corrected chi connectivity index (χ3v) is 5.08. The number of ether oxygens (including phenoxy) is 1. The molecule has 0 spiro atoms. The highest BCUT2D eigenvalue weighted by atomic mass is 16.5. The molecule has 3 aromatic rings. The minimum Gasteiger partial charge on any atom is -0.497 e. The van der Waals surface area contributed by atoms with Gasteiger partial charge in [-0.1, -0.05) is 54.6 Å². The van der Waals surface area contributed by atoms with Crippen molar-refractivity contribution in [2.45, 2.75) is 12.5 Å². The zero-order chi connectivity index (χ0) is 17.2. The molecule has 126 valence electrons. The van der Waals surface area contributed by atoms with E-state index in [1.807, 2.05) is 12.1 Å². The molecular formula is C23H23NO. The first-order valence-corrected chi connectivity index (χ1v) is 8.75. The predicted octanol–water partition coefficient (Wildman–Crippen LogP) is 4.94. The van der Waals surface area contributed by atoms with Crippen LogP contribution in [0.3, 0.4) is 0 Å². The van der Waals surface area contributed by atoms with E-state index in [-0.39, 0.29) is 0 Å². The molecule has 1 heterocycles. The Morgan fingerprint density at radius 2 is 1.60 bits per heavy atom. The van der Waals surface area contributed by atoms with Crippen LogP contribution >= 0.6 is 0 Å². The summed E-state index contributed by atoms with van der Waals surface area (Å²) in [6.07, 6.45) is 0. The lowest BCUT2D eigenvalue weighted by Crippen LogP contribution is -2.30. The standard InChI is InChI=1S/C23H23NO/c1-24-15-20-14-19(17-8-11-21(25-2)12-9-17)10-13-22(20)23(16-24)18-6-4-3-5-7-18/h3-14,23H,15-16H2,1-2H3/t23-/m1/s1. The number of nitrogens with zero attached hydrogens (tertiary/aromatic N) is 1. The van der Waals surface area contributed by atoms with Gasteiger partial charge < -0.3 is 9.64 Å². The van der Waals surface area contributed by atoms with Crippen LogP contribution in [-0.4, -0.2) is 25.6 Å². The molecule has 4 rings (SSSR count). The molecule has 0 fully saturated rings. The summed E-state index contributed by atoms with van der Waals surface area (Å²) >= 11 is 0. The smallest absolute Gasteiger partial charge is 0.118 e. The summed E-state index contributed by atoms with van der Waals surface area (Å²) in [7, 11) is 3.91. The van der Waals surface area contributed by atoms with Crippen molar-refractivity contribution in [1.82, 2.24) is 4.90 Å². The van der Waals surface area contributed by atoms with Crippen LogP contribution in [0.4, 0.5) is 0 Å². The molecule has 1 aliphatic heterocycles. The van der Waals surface area contributed by atoms with Crippen LogP contribution < -0.4 is 4.74 Å². The second-order valence-electron chi connectivity index (χ2n) is 6.80. The van der Waals surface area contributed by atoms with E-state index in [4.69, 9.17) is 4.74 Å². The van der Waals surface area contributed by atoms with Crippen LogP contribution in [0.2, 0.25) is 0 Å². The largest absolute Gasteiger partial charge is 0.497 e. The molecule has 3 aromatic carbocycles. The highest BCUT2D eigenvalue weighted by molar-refractivity contribution is 5.66. The summed E-state index contributed by atoms with van der Waals surface area (Å²) in [6, 6.07) is 26.1. The van der Waals surface area contributed by atoms with Crippen molar-refractivity contribution in [2.24, 2.45) is 0 Å². The molecule has 0 N–H and O–H groups in total. The number of fused-ring (bicyclic) bond motifs is 1. The van der Waals surface area contributed by atoms with E-state index in [1.165, 1.54) is 27.8 Å². The van der Waals surface area contributed by atoms with Crippen LogP contribution in [0.5, 0.6) is 5.75 Å². The van der Waals surface area contributed by atoms with E-state index >= 15 is 0 Å². The fourth-order valence-corrected chi connectivity index (χ4v) is 3.78. The van der Waals surface area contributed by atoms with Gasteiger partial charge >= 0.3 is 0 Å². The summed E-state index contributed by atoms with van der Waals surface area (Å²) in [5, 5.41) is 0. The molecule has 25 heavy (non-hydrogen) atoms. The Hall–Kier alpha value is -2.58. The van der Waals surface area contributed by atoms with Crippen molar-refractivity contribution in [2.75, 3.05) is 20.7 Å². The van der Waals surface area contributed by atoms with E-state index in [0.717, 1.165) is 18.8 Å². The Balaban J connectivity index is 1.72. The quantitative estimate of drug-likeness (QED) is 0.675. The van der Waals surface area contributed by atoms with Crippen molar-refractivity contribution < 1.29 is 4.74 Å². The maximum absolute atomic E-state index is 5.27. The lowest BCUT2D eigenvalue weighted by atomic mass is 9.83. The Morgan fingerprint density at radius 3 is 2.32 bits per heavy atom. The molecule has 1 aliphatic rings. The number of hydrogen-bond donors (Lipinski definition) is 0. The molecule has 0 unspecified atom stereocenters. The molecular weight excluding hydrogens is 306 g/mol. The Morgan fingerprint density at radius 1 is 0.880 bits per heavy atom. The van der Waals surface area contributed by atoms with Crippen molar-refractivity contribution >= 4 is 0 Å². The fourth-order valence-electron chi connectivity index (χ4n) is 3.78. The molecule has 2 heteroatoms. The Kier molecular flexibility index (Phi) is 4.29. The van der Waals surface area contributed by atoms with Gasteiger partial charge in [-0.2, -0.15) is 0 Å². The molecule has 0 bridgehead atoms. The van der Waals surface area contributed by atoms with Crippen LogP contribution in [0.1, 0.15) is 22.6 Å². The van der Waals surface area contributed by atoms with E-state index < -0.39 is 0 Å². The normalized spacial score (nSPS) is 17.1. The summed E-state index contributed by atoms with van der Waals surface area (Å²) in [5.74, 6) is 1.34. The topological polar surface area (TPSA) is 12.5 Å². The third-order valence-electron chi connectivity index (χ3n) is 5.08. The van der Waals surface area contributed by atoms with Gasteiger partial charge in [-0.3, -0.25) is 0 Å². The monoisotopic (exact) mass is 329 g/mol. The molecule has 0 saturated heterocycles. The van der Waals surface area contributed by atoms with Gasteiger partial charge in [0.2, 0.25) is 0 Å². The number of rotatable bonds is 3. The lowest BCUT2D eigenvalue weighted by molar-refractivity contribution is 0.295. The number of hydrogen-bond acceptors (Lipinski definition) is 2.